The van der Waals surface area contributed by atoms with E-state index in [0.29, 0.717) is 12.1 Å². The molecule has 1 aromatic carbocycles. The SMILES string of the molecule is N#Cc1ccc(CNc2ncc(F)cc2F)cc1. The van der Waals surface area contributed by atoms with Crippen LogP contribution in [-0.2, 0) is 6.54 Å². The zero-order valence-corrected chi connectivity index (χ0v) is 9.32. The van der Waals surface area contributed by atoms with Crippen LogP contribution in [0.3, 0.4) is 0 Å². The molecule has 0 aliphatic heterocycles. The molecule has 5 heteroatoms. The second kappa shape index (κ2) is 5.23. The van der Waals surface area contributed by atoms with Crippen molar-refractivity contribution in [2.24, 2.45) is 0 Å². The number of anilines is 1. The maximum absolute atomic E-state index is 13.3. The lowest BCUT2D eigenvalue weighted by molar-refractivity contribution is 0.575. The lowest BCUT2D eigenvalue weighted by atomic mass is 10.1. The maximum Gasteiger partial charge on any atom is 0.168 e. The Morgan fingerprint density at radius 2 is 1.94 bits per heavy atom. The fourth-order valence-corrected chi connectivity index (χ4v) is 1.43. The van der Waals surface area contributed by atoms with Crippen LogP contribution < -0.4 is 5.32 Å². The highest BCUT2D eigenvalue weighted by Gasteiger charge is 2.04. The van der Waals surface area contributed by atoms with Crippen LogP contribution in [0.1, 0.15) is 11.1 Å². The lowest BCUT2D eigenvalue weighted by Gasteiger charge is -2.06. The Bertz CT molecular complexity index is 588. The minimum atomic E-state index is -0.733. The second-order valence-corrected chi connectivity index (χ2v) is 3.65. The molecule has 1 heterocycles. The van der Waals surface area contributed by atoms with Gasteiger partial charge in [0.05, 0.1) is 17.8 Å². The van der Waals surface area contributed by atoms with Gasteiger partial charge in [0.25, 0.3) is 0 Å². The van der Waals surface area contributed by atoms with Crippen LogP contribution >= 0.6 is 0 Å². The van der Waals surface area contributed by atoms with E-state index >= 15 is 0 Å². The van der Waals surface area contributed by atoms with E-state index in [0.717, 1.165) is 17.8 Å². The van der Waals surface area contributed by atoms with Crippen molar-refractivity contribution in [3.63, 3.8) is 0 Å². The first kappa shape index (κ1) is 12.0. The highest BCUT2D eigenvalue weighted by molar-refractivity contribution is 5.38. The van der Waals surface area contributed by atoms with Crippen LogP contribution in [0.25, 0.3) is 0 Å². The molecular formula is C13H9F2N3. The van der Waals surface area contributed by atoms with Crippen molar-refractivity contribution >= 4 is 5.82 Å². The van der Waals surface area contributed by atoms with Gasteiger partial charge >= 0.3 is 0 Å². The summed E-state index contributed by atoms with van der Waals surface area (Å²) in [6, 6.07) is 9.64. The second-order valence-electron chi connectivity index (χ2n) is 3.65. The van der Waals surface area contributed by atoms with E-state index < -0.39 is 11.6 Å². The number of halogens is 2. The molecule has 2 rings (SSSR count). The molecule has 0 radical (unpaired) electrons. The number of nitrogens with one attached hydrogen (secondary N) is 1. The van der Waals surface area contributed by atoms with Gasteiger partial charge in [0.15, 0.2) is 11.6 Å². The molecule has 0 saturated heterocycles. The summed E-state index contributed by atoms with van der Waals surface area (Å²) in [7, 11) is 0. The highest BCUT2D eigenvalue weighted by Crippen LogP contribution is 2.12. The van der Waals surface area contributed by atoms with E-state index in [1.54, 1.807) is 24.3 Å². The van der Waals surface area contributed by atoms with E-state index in [1.807, 2.05) is 6.07 Å². The number of nitrogens with zero attached hydrogens (tertiary/aromatic N) is 2. The van der Waals surface area contributed by atoms with Crippen LogP contribution in [0.5, 0.6) is 0 Å². The standard InChI is InChI=1S/C13H9F2N3/c14-11-5-12(15)13(18-8-11)17-7-10-3-1-9(6-16)2-4-10/h1-5,8H,7H2,(H,17,18). The van der Waals surface area contributed by atoms with Crippen molar-refractivity contribution in [2.45, 2.75) is 6.54 Å². The van der Waals surface area contributed by atoms with Crippen LogP contribution in [0.4, 0.5) is 14.6 Å². The molecule has 0 spiro atoms. The third kappa shape index (κ3) is 2.80. The quantitative estimate of drug-likeness (QED) is 0.904. The van der Waals surface area contributed by atoms with Crippen molar-refractivity contribution in [1.29, 1.82) is 5.26 Å². The van der Waals surface area contributed by atoms with Gasteiger partial charge in [0.2, 0.25) is 0 Å². The number of aromatic nitrogens is 1. The molecule has 1 N–H and O–H groups in total. The van der Waals surface area contributed by atoms with Gasteiger partial charge in [-0.2, -0.15) is 5.26 Å². The molecule has 90 valence electrons. The largest absolute Gasteiger partial charge is 0.364 e. The predicted molar refractivity (Wildman–Crippen MR) is 62.6 cm³/mol. The fourth-order valence-electron chi connectivity index (χ4n) is 1.43. The monoisotopic (exact) mass is 245 g/mol. The van der Waals surface area contributed by atoms with Crippen LogP contribution in [0.15, 0.2) is 36.5 Å². The zero-order chi connectivity index (χ0) is 13.0. The molecule has 2 aromatic rings. The molecule has 1 aromatic heterocycles. The summed E-state index contributed by atoms with van der Waals surface area (Å²) in [6.45, 7) is 0.348. The Labute approximate surface area is 103 Å². The molecule has 0 bridgehead atoms. The van der Waals surface area contributed by atoms with Crippen molar-refractivity contribution in [1.82, 2.24) is 4.98 Å². The topological polar surface area (TPSA) is 48.7 Å². The van der Waals surface area contributed by atoms with Crippen molar-refractivity contribution < 1.29 is 8.78 Å². The van der Waals surface area contributed by atoms with Crippen LogP contribution in [0, 0.1) is 23.0 Å². The lowest BCUT2D eigenvalue weighted by Crippen LogP contribution is -2.04. The van der Waals surface area contributed by atoms with Gasteiger partial charge < -0.3 is 5.32 Å². The van der Waals surface area contributed by atoms with Crippen molar-refractivity contribution in [2.75, 3.05) is 5.32 Å². The molecule has 0 aliphatic rings. The van der Waals surface area contributed by atoms with Crippen molar-refractivity contribution in [3.05, 3.63) is 59.3 Å². The number of benzene rings is 1. The van der Waals surface area contributed by atoms with E-state index in [2.05, 4.69) is 10.3 Å². The number of pyridine rings is 1. The van der Waals surface area contributed by atoms with Crippen molar-refractivity contribution in [3.8, 4) is 6.07 Å². The van der Waals surface area contributed by atoms with Gasteiger partial charge in [-0.15, -0.1) is 0 Å². The normalized spacial score (nSPS) is 9.83. The summed E-state index contributed by atoms with van der Waals surface area (Å²) in [6.07, 6.45) is 0.949. The minimum Gasteiger partial charge on any atom is -0.364 e. The third-order valence-electron chi connectivity index (χ3n) is 2.35. The summed E-state index contributed by atoms with van der Waals surface area (Å²) in [4.78, 5) is 3.61. The van der Waals surface area contributed by atoms with Crippen LogP contribution in [-0.4, -0.2) is 4.98 Å². The first-order valence-electron chi connectivity index (χ1n) is 5.23. The molecular weight excluding hydrogens is 236 g/mol. The average molecular weight is 245 g/mol. The van der Waals surface area contributed by atoms with E-state index in [4.69, 9.17) is 5.26 Å². The number of nitriles is 1. The number of hydrogen-bond acceptors (Lipinski definition) is 3. The van der Waals surface area contributed by atoms with E-state index in [9.17, 15) is 8.78 Å². The Balaban J connectivity index is 2.04. The molecule has 0 fully saturated rings. The molecule has 0 aliphatic carbocycles. The van der Waals surface area contributed by atoms with Gasteiger partial charge in [0, 0.05) is 12.6 Å². The summed E-state index contributed by atoms with van der Waals surface area (Å²) in [5, 5.41) is 11.4. The minimum absolute atomic E-state index is 0.000703. The molecule has 18 heavy (non-hydrogen) atoms. The predicted octanol–water partition coefficient (Wildman–Crippen LogP) is 2.84. The molecule has 0 unspecified atom stereocenters. The fraction of sp³-hybridized carbons (Fsp3) is 0.0769. The summed E-state index contributed by atoms with van der Waals surface area (Å²) in [5.41, 5.74) is 1.43. The Hall–Kier alpha value is -2.48. The zero-order valence-electron chi connectivity index (χ0n) is 9.32. The Morgan fingerprint density at radius 1 is 1.22 bits per heavy atom. The van der Waals surface area contributed by atoms with Gasteiger partial charge in [-0.3, -0.25) is 0 Å². The van der Waals surface area contributed by atoms with Gasteiger partial charge in [-0.25, -0.2) is 13.8 Å². The number of rotatable bonds is 3. The van der Waals surface area contributed by atoms with E-state index in [1.165, 1.54) is 0 Å². The maximum atomic E-state index is 13.3. The van der Waals surface area contributed by atoms with Gasteiger partial charge in [-0.05, 0) is 17.7 Å². The molecule has 0 amide bonds. The molecule has 0 atom stereocenters. The Kier molecular flexibility index (Phi) is 3.49. The highest BCUT2D eigenvalue weighted by atomic mass is 19.1. The van der Waals surface area contributed by atoms with Crippen LogP contribution in [0.2, 0.25) is 0 Å². The average Bonchev–Trinajstić information content (AvgIpc) is 2.38. The molecule has 0 saturated carbocycles. The summed E-state index contributed by atoms with van der Waals surface area (Å²) < 4.78 is 25.9. The van der Waals surface area contributed by atoms with Gasteiger partial charge in [-0.1, -0.05) is 12.1 Å². The first-order chi connectivity index (χ1) is 8.69. The van der Waals surface area contributed by atoms with E-state index in [-0.39, 0.29) is 5.82 Å². The Morgan fingerprint density at radius 3 is 2.56 bits per heavy atom. The molecule has 3 nitrogen and oxygen atoms in total. The number of hydrogen-bond donors (Lipinski definition) is 1. The third-order valence-corrected chi connectivity index (χ3v) is 2.35. The summed E-state index contributed by atoms with van der Waals surface area (Å²) in [5.74, 6) is -1.44. The smallest absolute Gasteiger partial charge is 0.168 e. The van der Waals surface area contributed by atoms with Gasteiger partial charge in [0.1, 0.15) is 5.82 Å². The summed E-state index contributed by atoms with van der Waals surface area (Å²) >= 11 is 0. The first-order valence-corrected chi connectivity index (χ1v) is 5.23.